The van der Waals surface area contributed by atoms with Crippen molar-refractivity contribution >= 4 is 0 Å². The molecule has 0 atom stereocenters. The van der Waals surface area contributed by atoms with Crippen molar-refractivity contribution in [3.8, 4) is 0 Å². The fourth-order valence-corrected chi connectivity index (χ4v) is 0.340. The second kappa shape index (κ2) is 42.3. The molecule has 0 aromatic rings. The Balaban J connectivity index is -0.0000000213. The number of aliphatic hydroxyl groups is 2. The summed E-state index contributed by atoms with van der Waals surface area (Å²) in [6.45, 7) is 0. The first-order chi connectivity index (χ1) is 4.50. The van der Waals surface area contributed by atoms with Crippen LogP contribution in [-0.2, 0) is 21.7 Å². The summed E-state index contributed by atoms with van der Waals surface area (Å²) in [5, 5.41) is 14.0. The van der Waals surface area contributed by atoms with Crippen LogP contribution in [0.5, 0.6) is 0 Å². The zero-order chi connectivity index (χ0) is 7.54. The van der Waals surface area contributed by atoms with Crippen LogP contribution in [0.25, 0.3) is 0 Å². The molecule has 71 valence electrons. The largest absolute Gasteiger partial charge is 3.00 e. The molecule has 0 bridgehead atoms. The van der Waals surface area contributed by atoms with Crippen molar-refractivity contribution in [1.29, 1.82) is 0 Å². The van der Waals surface area contributed by atoms with Gasteiger partial charge in [0.25, 0.3) is 0 Å². The summed E-state index contributed by atoms with van der Waals surface area (Å²) < 4.78 is 0. The number of halogens is 1. The van der Waals surface area contributed by atoms with Crippen LogP contribution in [0.1, 0.15) is 6.42 Å². The van der Waals surface area contributed by atoms with Crippen molar-refractivity contribution in [3.05, 3.63) is 31.7 Å². The normalized spacial score (nSPS) is 8.33. The quantitative estimate of drug-likeness (QED) is 0.370. The molecule has 0 fully saturated rings. The van der Waals surface area contributed by atoms with Gasteiger partial charge in [-0.05, 0) is 0 Å². The van der Waals surface area contributed by atoms with E-state index < -0.39 is 0 Å². The zero-order valence-electron chi connectivity index (χ0n) is 7.71. The molecule has 0 spiro atoms. The average molecular weight is 228 g/mol. The Morgan fingerprint density at radius 1 is 1.17 bits per heavy atom. The third kappa shape index (κ3) is 31.5. The van der Waals surface area contributed by atoms with E-state index in [0.29, 0.717) is 0 Å². The van der Waals surface area contributed by atoms with Crippen LogP contribution in [0.3, 0.4) is 0 Å². The van der Waals surface area contributed by atoms with Gasteiger partial charge < -0.3 is 30.0 Å². The standard InChI is InChI=1S/C5H5.2CH4O.CH3.ClH.Ti/c1-2-4-5-3-1;2*1-2;;;/h1-3H,4H2;2*2H,1H3;1H3;1H;/q-1;;;-1;;+3/p-1. The fourth-order valence-electron chi connectivity index (χ4n) is 0.340. The zero-order valence-corrected chi connectivity index (χ0v) is 10.0. The molecular formula is C8H16ClO2Ti. The van der Waals surface area contributed by atoms with Crippen LogP contribution in [0.2, 0.25) is 0 Å². The summed E-state index contributed by atoms with van der Waals surface area (Å²) in [6.07, 6.45) is 10.0. The molecule has 0 unspecified atom stereocenters. The Bertz CT molecular complexity index is 75.1. The predicted molar refractivity (Wildman–Crippen MR) is 44.3 cm³/mol. The Hall–Kier alpha value is 0.404. The monoisotopic (exact) mass is 227 g/mol. The van der Waals surface area contributed by atoms with Gasteiger partial charge in [-0.3, -0.25) is 6.08 Å². The van der Waals surface area contributed by atoms with Crippen LogP contribution in [0.15, 0.2) is 18.2 Å². The second-order valence-corrected chi connectivity index (χ2v) is 1.00. The van der Waals surface area contributed by atoms with Crippen molar-refractivity contribution in [3.63, 3.8) is 0 Å². The van der Waals surface area contributed by atoms with E-state index in [0.717, 1.165) is 20.6 Å². The van der Waals surface area contributed by atoms with Crippen LogP contribution in [0, 0.1) is 13.5 Å². The van der Waals surface area contributed by atoms with E-state index in [1.165, 1.54) is 0 Å². The minimum absolute atomic E-state index is 0. The van der Waals surface area contributed by atoms with Crippen molar-refractivity contribution < 1.29 is 44.3 Å². The van der Waals surface area contributed by atoms with E-state index in [1.54, 1.807) is 0 Å². The molecule has 0 aromatic heterocycles. The molecule has 1 radical (unpaired) electrons. The minimum Gasteiger partial charge on any atom is -1.00 e. The van der Waals surface area contributed by atoms with Gasteiger partial charge in [0.15, 0.2) is 0 Å². The molecule has 2 nitrogen and oxygen atoms in total. The maximum atomic E-state index is 7.00. The van der Waals surface area contributed by atoms with Gasteiger partial charge in [0.1, 0.15) is 0 Å². The molecule has 0 amide bonds. The summed E-state index contributed by atoms with van der Waals surface area (Å²) >= 11 is 0. The van der Waals surface area contributed by atoms with Gasteiger partial charge in [0.2, 0.25) is 0 Å². The van der Waals surface area contributed by atoms with Gasteiger partial charge in [-0.25, -0.2) is 12.2 Å². The molecule has 4 heteroatoms. The first-order valence-electron chi connectivity index (χ1n) is 2.61. The second-order valence-electron chi connectivity index (χ2n) is 1.00. The summed E-state index contributed by atoms with van der Waals surface area (Å²) in [6, 6.07) is 0. The topological polar surface area (TPSA) is 40.5 Å². The molecule has 1 aliphatic rings. The molecule has 0 saturated heterocycles. The Morgan fingerprint density at radius 2 is 1.58 bits per heavy atom. The van der Waals surface area contributed by atoms with Crippen molar-refractivity contribution in [1.82, 2.24) is 0 Å². The molecule has 0 aromatic carbocycles. The maximum absolute atomic E-state index is 7.00. The Morgan fingerprint density at radius 3 is 1.67 bits per heavy atom. The Kier molecular flexibility index (Phi) is 104. The Labute approximate surface area is 96.7 Å². The number of hydrogen-bond acceptors (Lipinski definition) is 2. The minimum atomic E-state index is 0. The number of aliphatic hydroxyl groups excluding tert-OH is 2. The van der Waals surface area contributed by atoms with Crippen molar-refractivity contribution in [2.24, 2.45) is 0 Å². The van der Waals surface area contributed by atoms with E-state index >= 15 is 0 Å². The molecule has 0 heterocycles. The number of hydrogen-bond donors (Lipinski definition) is 2. The van der Waals surface area contributed by atoms with Crippen LogP contribution in [-0.4, -0.2) is 24.4 Å². The van der Waals surface area contributed by atoms with E-state index in [1.807, 2.05) is 12.2 Å². The fraction of sp³-hybridized carbons (Fsp3) is 0.375. The van der Waals surface area contributed by atoms with Gasteiger partial charge in [-0.15, -0.1) is 6.42 Å². The average Bonchev–Trinajstić information content (AvgIpc) is 2.51. The van der Waals surface area contributed by atoms with Gasteiger partial charge in [0, 0.05) is 14.2 Å². The molecular weight excluding hydrogens is 211 g/mol. The van der Waals surface area contributed by atoms with Gasteiger partial charge in [-0.1, -0.05) is 0 Å². The summed E-state index contributed by atoms with van der Waals surface area (Å²) in [4.78, 5) is 0. The van der Waals surface area contributed by atoms with Crippen molar-refractivity contribution in [2.45, 2.75) is 6.42 Å². The molecule has 12 heavy (non-hydrogen) atoms. The van der Waals surface area contributed by atoms with E-state index in [2.05, 4.69) is 12.2 Å². The molecule has 0 saturated carbocycles. The molecule has 1 rings (SSSR count). The summed E-state index contributed by atoms with van der Waals surface area (Å²) in [5.41, 5.74) is 0. The number of rotatable bonds is 0. The smallest absolute Gasteiger partial charge is 1.00 e. The number of allylic oxidation sites excluding steroid dienone is 4. The molecule has 0 aliphatic heterocycles. The first-order valence-corrected chi connectivity index (χ1v) is 2.61. The molecule has 2 N–H and O–H groups in total. The molecule has 1 aliphatic carbocycles. The van der Waals surface area contributed by atoms with E-state index in [4.69, 9.17) is 10.2 Å². The SMILES string of the molecule is CO.CO.[C-]1=CC=CC1.[CH3-].[Cl-].[Ti+3]. The maximum Gasteiger partial charge on any atom is 3.00 e. The third-order valence-corrected chi connectivity index (χ3v) is 0.586. The van der Waals surface area contributed by atoms with Crippen molar-refractivity contribution in [2.75, 3.05) is 14.2 Å². The van der Waals surface area contributed by atoms with Gasteiger partial charge >= 0.3 is 21.7 Å². The third-order valence-electron chi connectivity index (χ3n) is 0.586. The summed E-state index contributed by atoms with van der Waals surface area (Å²) in [7, 11) is 2.00. The predicted octanol–water partition coefficient (Wildman–Crippen LogP) is -2.03. The van der Waals surface area contributed by atoms with Crippen LogP contribution < -0.4 is 12.4 Å². The van der Waals surface area contributed by atoms with E-state index in [9.17, 15) is 0 Å². The first kappa shape index (κ1) is 29.4. The van der Waals surface area contributed by atoms with E-state index in [-0.39, 0.29) is 41.6 Å². The summed E-state index contributed by atoms with van der Waals surface area (Å²) in [5.74, 6) is 0. The van der Waals surface area contributed by atoms with Crippen LogP contribution in [0.4, 0.5) is 0 Å². The van der Waals surface area contributed by atoms with Gasteiger partial charge in [0.05, 0.1) is 0 Å². The van der Waals surface area contributed by atoms with Crippen LogP contribution >= 0.6 is 0 Å². The van der Waals surface area contributed by atoms with Gasteiger partial charge in [-0.2, -0.15) is 6.08 Å².